The Morgan fingerprint density at radius 1 is 0.946 bits per heavy atom. The van der Waals surface area contributed by atoms with E-state index in [1.165, 1.54) is 0 Å². The quantitative estimate of drug-likeness (QED) is 0.322. The van der Waals surface area contributed by atoms with Gasteiger partial charge in [0, 0.05) is 21.7 Å². The molecule has 0 saturated carbocycles. The third kappa shape index (κ3) is 3.92. The Morgan fingerprint density at radius 3 is 2.54 bits per heavy atom. The lowest BCUT2D eigenvalue weighted by molar-refractivity contribution is 0.413. The van der Waals surface area contributed by atoms with Crippen LogP contribution in [0.4, 0.5) is 0 Å². The summed E-state index contributed by atoms with van der Waals surface area (Å²) in [4.78, 5) is 28.0. The van der Waals surface area contributed by atoms with E-state index in [2.05, 4.69) is 6.07 Å². The van der Waals surface area contributed by atoms with Crippen LogP contribution in [0, 0.1) is 0 Å². The molecule has 37 heavy (non-hydrogen) atoms. The maximum absolute atomic E-state index is 14.2. The molecule has 1 aliphatic rings. The van der Waals surface area contributed by atoms with Crippen LogP contribution < -0.4 is 15.9 Å². The van der Waals surface area contributed by atoms with Crippen molar-refractivity contribution in [2.45, 2.75) is 29.1 Å². The molecule has 6 rings (SSSR count). The first-order chi connectivity index (χ1) is 18.1. The van der Waals surface area contributed by atoms with E-state index in [9.17, 15) is 14.7 Å². The van der Waals surface area contributed by atoms with Crippen LogP contribution in [0.3, 0.4) is 0 Å². The number of pyridine rings is 1. The minimum Gasteiger partial charge on any atom is -0.505 e. The van der Waals surface area contributed by atoms with E-state index in [0.29, 0.717) is 28.4 Å². The van der Waals surface area contributed by atoms with Crippen LogP contribution in [0.2, 0.25) is 0 Å². The van der Waals surface area contributed by atoms with E-state index in [0.717, 1.165) is 41.3 Å². The molecule has 2 aromatic heterocycles. The van der Waals surface area contributed by atoms with Crippen molar-refractivity contribution in [3.8, 4) is 28.4 Å². The van der Waals surface area contributed by atoms with Gasteiger partial charge >= 0.3 is 5.63 Å². The Labute approximate surface area is 216 Å². The van der Waals surface area contributed by atoms with E-state index in [1.54, 1.807) is 35.9 Å². The topological polar surface area (TPSA) is 81.7 Å². The van der Waals surface area contributed by atoms with Gasteiger partial charge in [0.1, 0.15) is 16.0 Å². The average molecular weight is 510 g/mol. The van der Waals surface area contributed by atoms with E-state index in [1.807, 2.05) is 48.5 Å². The molecule has 0 unspecified atom stereocenters. The molecule has 0 saturated heterocycles. The lowest BCUT2D eigenvalue weighted by Gasteiger charge is -2.19. The fourth-order valence-corrected chi connectivity index (χ4v) is 5.89. The molecule has 184 valence electrons. The number of nitrogens with zero attached hydrogens (tertiary/aromatic N) is 1. The first kappa shape index (κ1) is 23.2. The summed E-state index contributed by atoms with van der Waals surface area (Å²) in [6.07, 6.45) is 2.24. The van der Waals surface area contributed by atoms with Crippen molar-refractivity contribution in [1.29, 1.82) is 0 Å². The second kappa shape index (κ2) is 9.33. The Morgan fingerprint density at radius 2 is 1.73 bits per heavy atom. The molecule has 0 spiro atoms. The van der Waals surface area contributed by atoms with E-state index < -0.39 is 11.2 Å². The predicted octanol–water partition coefficient (Wildman–Crippen LogP) is 5.97. The molecule has 0 radical (unpaired) electrons. The molecule has 6 nitrogen and oxygen atoms in total. The number of aromatic hydroxyl groups is 1. The number of aromatic nitrogens is 1. The highest BCUT2D eigenvalue weighted by atomic mass is 32.2. The molecular formula is C30H23NO5S. The Balaban J connectivity index is 1.69. The van der Waals surface area contributed by atoms with Crippen molar-refractivity contribution >= 4 is 22.7 Å². The molecule has 0 fully saturated rings. The van der Waals surface area contributed by atoms with Crippen LogP contribution in [0.5, 0.6) is 11.5 Å². The molecule has 0 amide bonds. The van der Waals surface area contributed by atoms with E-state index >= 15 is 0 Å². The third-order valence-corrected chi connectivity index (χ3v) is 7.73. The van der Waals surface area contributed by atoms with Gasteiger partial charge in [-0.05, 0) is 55.2 Å². The van der Waals surface area contributed by atoms with Gasteiger partial charge < -0.3 is 14.3 Å². The molecule has 2 heterocycles. The highest BCUT2D eigenvalue weighted by Gasteiger charge is 2.28. The second-order valence-electron chi connectivity index (χ2n) is 8.87. The van der Waals surface area contributed by atoms with Crippen LogP contribution >= 0.6 is 11.8 Å². The van der Waals surface area contributed by atoms with E-state index in [4.69, 9.17) is 9.15 Å². The summed E-state index contributed by atoms with van der Waals surface area (Å²) in [6, 6.07) is 24.5. The van der Waals surface area contributed by atoms with Crippen molar-refractivity contribution < 1.29 is 14.3 Å². The summed E-state index contributed by atoms with van der Waals surface area (Å²) >= 11 is 1.04. The maximum atomic E-state index is 14.2. The highest BCUT2D eigenvalue weighted by Crippen LogP contribution is 2.41. The summed E-state index contributed by atoms with van der Waals surface area (Å²) in [5, 5.41) is 11.4. The van der Waals surface area contributed by atoms with Gasteiger partial charge in [0.15, 0.2) is 11.3 Å². The van der Waals surface area contributed by atoms with Gasteiger partial charge in [-0.3, -0.25) is 9.36 Å². The second-order valence-corrected chi connectivity index (χ2v) is 9.95. The van der Waals surface area contributed by atoms with E-state index in [-0.39, 0.29) is 21.6 Å². The lowest BCUT2D eigenvalue weighted by atomic mass is 9.99. The normalized spacial score (nSPS) is 12.6. The van der Waals surface area contributed by atoms with Crippen molar-refractivity contribution in [2.75, 3.05) is 7.11 Å². The third-order valence-electron chi connectivity index (χ3n) is 6.68. The van der Waals surface area contributed by atoms with Crippen molar-refractivity contribution in [3.63, 3.8) is 0 Å². The van der Waals surface area contributed by atoms with Gasteiger partial charge in [-0.1, -0.05) is 60.3 Å². The van der Waals surface area contributed by atoms with Crippen LogP contribution in [-0.2, 0) is 12.8 Å². The van der Waals surface area contributed by atoms with Gasteiger partial charge in [-0.15, -0.1) is 0 Å². The zero-order chi connectivity index (χ0) is 25.5. The highest BCUT2D eigenvalue weighted by molar-refractivity contribution is 7.99. The van der Waals surface area contributed by atoms with Crippen LogP contribution in [0.1, 0.15) is 17.5 Å². The Hall–Kier alpha value is -4.23. The zero-order valence-electron chi connectivity index (χ0n) is 20.1. The van der Waals surface area contributed by atoms with Gasteiger partial charge in [0.2, 0.25) is 0 Å². The molecule has 3 aromatic carbocycles. The number of fused-ring (bicyclic) bond motifs is 5. The lowest BCUT2D eigenvalue weighted by Crippen LogP contribution is -2.23. The summed E-state index contributed by atoms with van der Waals surface area (Å²) in [6.45, 7) is 0. The fraction of sp³-hybridized carbons (Fsp3) is 0.133. The smallest absolute Gasteiger partial charge is 0.354 e. The number of rotatable bonds is 4. The van der Waals surface area contributed by atoms with Gasteiger partial charge in [-0.25, -0.2) is 4.79 Å². The Bertz CT molecular complexity index is 1770. The van der Waals surface area contributed by atoms with Crippen LogP contribution in [0.15, 0.2) is 103 Å². The van der Waals surface area contributed by atoms with Crippen LogP contribution in [-0.4, -0.2) is 16.8 Å². The number of benzene rings is 3. The Kier molecular flexibility index (Phi) is 5.85. The first-order valence-corrected chi connectivity index (χ1v) is 12.8. The summed E-state index contributed by atoms with van der Waals surface area (Å²) < 4.78 is 12.8. The average Bonchev–Trinajstić information content (AvgIpc) is 3.11. The SMILES string of the molecule is COc1cccc(Sc2c(O)c3c(=O)n(-c4ccccc4)c4c(c3oc2=O)CCCc2ccccc2-4)c1. The van der Waals surface area contributed by atoms with Crippen LogP contribution in [0.25, 0.3) is 27.9 Å². The number of para-hydroxylation sites is 1. The molecule has 7 heteroatoms. The van der Waals surface area contributed by atoms with Gasteiger partial charge in [0.25, 0.3) is 5.56 Å². The monoisotopic (exact) mass is 509 g/mol. The minimum absolute atomic E-state index is 0.00646. The summed E-state index contributed by atoms with van der Waals surface area (Å²) in [5.41, 5.74) is 3.20. The van der Waals surface area contributed by atoms with Crippen molar-refractivity contribution in [2.24, 2.45) is 0 Å². The number of methoxy groups -OCH3 is 1. The van der Waals surface area contributed by atoms with Crippen molar-refractivity contribution in [3.05, 3.63) is 111 Å². The largest absolute Gasteiger partial charge is 0.505 e. The molecule has 0 atom stereocenters. The minimum atomic E-state index is -0.686. The summed E-state index contributed by atoms with van der Waals surface area (Å²) in [5.74, 6) is 0.249. The van der Waals surface area contributed by atoms with Gasteiger partial charge in [-0.2, -0.15) is 0 Å². The molecule has 0 aliphatic heterocycles. The zero-order valence-corrected chi connectivity index (χ0v) is 20.9. The molecule has 5 aromatic rings. The molecule has 1 N–H and O–H groups in total. The number of aryl methyl sites for hydroxylation is 2. The fourth-order valence-electron chi connectivity index (χ4n) is 5.01. The van der Waals surface area contributed by atoms with Gasteiger partial charge in [0.05, 0.1) is 12.8 Å². The molecular weight excluding hydrogens is 486 g/mol. The maximum Gasteiger partial charge on any atom is 0.354 e. The molecule has 1 aliphatic carbocycles. The predicted molar refractivity (Wildman–Crippen MR) is 144 cm³/mol. The number of hydrogen-bond acceptors (Lipinski definition) is 6. The number of hydrogen-bond donors (Lipinski definition) is 1. The first-order valence-electron chi connectivity index (χ1n) is 12.0. The van der Waals surface area contributed by atoms with Crippen molar-refractivity contribution in [1.82, 2.24) is 4.57 Å². The standard InChI is InChI=1S/C30H23NO5S/c1-35-20-13-8-14-21(17-20)37-28-26(32)24-27(36-30(28)34)23-16-7-10-18-9-5-6-15-22(18)25(23)31(29(24)33)19-11-3-2-4-12-19/h2-6,8-9,11-15,17,32H,7,10,16H2,1H3. The molecule has 0 bridgehead atoms. The summed E-state index contributed by atoms with van der Waals surface area (Å²) in [7, 11) is 1.56. The number of ether oxygens (including phenoxy) is 1.